The summed E-state index contributed by atoms with van der Waals surface area (Å²) < 4.78 is 5.32. The number of hydrogen-bond donors (Lipinski definition) is 2. The molecule has 0 saturated heterocycles. The summed E-state index contributed by atoms with van der Waals surface area (Å²) in [6.45, 7) is 0. The van der Waals surface area contributed by atoms with Crippen molar-refractivity contribution in [3.63, 3.8) is 0 Å². The normalized spacial score (nSPS) is 10.5. The summed E-state index contributed by atoms with van der Waals surface area (Å²) in [5, 5.41) is 6.77. The molecule has 3 N–H and O–H groups in total. The monoisotopic (exact) mass is 326 g/mol. The number of hydrogen-bond acceptors (Lipinski definition) is 4. The van der Waals surface area contributed by atoms with Crippen LogP contribution in [0, 0.1) is 0 Å². The molecule has 6 heteroatoms. The predicted molar refractivity (Wildman–Crippen MR) is 91.3 cm³/mol. The number of amides is 2. The molecular formula is C17H14N2O3S. The van der Waals surface area contributed by atoms with E-state index >= 15 is 0 Å². The SMILES string of the molecule is COc1cc2ccccc2cc1C(=O)Nc1sccc1C(N)=O. The van der Waals surface area contributed by atoms with Crippen molar-refractivity contribution in [2.45, 2.75) is 0 Å². The van der Waals surface area contributed by atoms with Crippen molar-refractivity contribution < 1.29 is 14.3 Å². The Morgan fingerprint density at radius 1 is 1.09 bits per heavy atom. The van der Waals surface area contributed by atoms with E-state index in [1.54, 1.807) is 17.5 Å². The highest BCUT2D eigenvalue weighted by molar-refractivity contribution is 7.14. The molecule has 23 heavy (non-hydrogen) atoms. The predicted octanol–water partition coefficient (Wildman–Crippen LogP) is 3.26. The van der Waals surface area contributed by atoms with Gasteiger partial charge in [0.05, 0.1) is 18.2 Å². The van der Waals surface area contributed by atoms with E-state index in [9.17, 15) is 9.59 Å². The van der Waals surface area contributed by atoms with Crippen molar-refractivity contribution in [3.8, 4) is 5.75 Å². The van der Waals surface area contributed by atoms with Crippen LogP contribution in [-0.2, 0) is 0 Å². The van der Waals surface area contributed by atoms with Gasteiger partial charge in [-0.25, -0.2) is 0 Å². The molecule has 0 saturated carbocycles. The highest BCUT2D eigenvalue weighted by Gasteiger charge is 2.17. The summed E-state index contributed by atoms with van der Waals surface area (Å²) in [5.74, 6) is -0.456. The zero-order valence-electron chi connectivity index (χ0n) is 12.3. The molecule has 2 amide bonds. The van der Waals surface area contributed by atoms with Crippen LogP contribution < -0.4 is 15.8 Å². The Labute approximate surface area is 136 Å². The summed E-state index contributed by atoms with van der Waals surface area (Å²) in [6, 6.07) is 12.9. The number of nitrogens with two attached hydrogens (primary N) is 1. The minimum atomic E-state index is -0.577. The minimum Gasteiger partial charge on any atom is -0.496 e. The van der Waals surface area contributed by atoms with Crippen molar-refractivity contribution >= 4 is 38.9 Å². The van der Waals surface area contributed by atoms with Crippen molar-refractivity contribution in [1.29, 1.82) is 0 Å². The first-order valence-corrected chi connectivity index (χ1v) is 7.73. The van der Waals surface area contributed by atoms with Crippen LogP contribution in [-0.4, -0.2) is 18.9 Å². The molecule has 3 aromatic rings. The van der Waals surface area contributed by atoms with Crippen LogP contribution in [0.25, 0.3) is 10.8 Å². The van der Waals surface area contributed by atoms with E-state index in [0.29, 0.717) is 21.9 Å². The first kappa shape index (κ1) is 15.1. The number of nitrogens with one attached hydrogen (secondary N) is 1. The van der Waals surface area contributed by atoms with Gasteiger partial charge in [0.25, 0.3) is 11.8 Å². The fourth-order valence-corrected chi connectivity index (χ4v) is 3.12. The van der Waals surface area contributed by atoms with Gasteiger partial charge in [-0.05, 0) is 34.4 Å². The zero-order valence-corrected chi connectivity index (χ0v) is 13.1. The third kappa shape index (κ3) is 2.89. The van der Waals surface area contributed by atoms with Crippen LogP contribution in [0.4, 0.5) is 5.00 Å². The first-order chi connectivity index (χ1) is 11.1. The summed E-state index contributed by atoms with van der Waals surface area (Å²) in [7, 11) is 1.51. The van der Waals surface area contributed by atoms with Gasteiger partial charge in [-0.15, -0.1) is 11.3 Å². The van der Waals surface area contributed by atoms with Crippen molar-refractivity contribution in [2.24, 2.45) is 5.73 Å². The van der Waals surface area contributed by atoms with Crippen LogP contribution >= 0.6 is 11.3 Å². The summed E-state index contributed by atoms with van der Waals surface area (Å²) >= 11 is 1.24. The Hall–Kier alpha value is -2.86. The molecule has 0 bridgehead atoms. The van der Waals surface area contributed by atoms with Gasteiger partial charge in [-0.2, -0.15) is 0 Å². The summed E-state index contributed by atoms with van der Waals surface area (Å²) in [5.41, 5.74) is 5.99. The average molecular weight is 326 g/mol. The minimum absolute atomic E-state index is 0.295. The Morgan fingerprint density at radius 2 is 1.78 bits per heavy atom. The van der Waals surface area contributed by atoms with Crippen LogP contribution in [0.5, 0.6) is 5.75 Å². The van der Waals surface area contributed by atoms with Gasteiger partial charge in [0.15, 0.2) is 0 Å². The van der Waals surface area contributed by atoms with Gasteiger partial charge >= 0.3 is 0 Å². The second-order valence-corrected chi connectivity index (χ2v) is 5.80. The molecule has 0 spiro atoms. The highest BCUT2D eigenvalue weighted by atomic mass is 32.1. The second kappa shape index (κ2) is 6.10. The maximum absolute atomic E-state index is 12.6. The molecule has 1 aromatic heterocycles. The smallest absolute Gasteiger partial charge is 0.260 e. The Morgan fingerprint density at radius 3 is 2.43 bits per heavy atom. The number of anilines is 1. The molecule has 2 aromatic carbocycles. The van der Waals surface area contributed by atoms with Crippen LogP contribution in [0.2, 0.25) is 0 Å². The lowest BCUT2D eigenvalue weighted by molar-refractivity contribution is 0.100. The molecule has 116 valence electrons. The highest BCUT2D eigenvalue weighted by Crippen LogP contribution is 2.28. The number of rotatable bonds is 4. The standard InChI is InChI=1S/C17H14N2O3S/c1-22-14-9-11-5-3-2-4-10(11)8-13(14)16(21)19-17-12(15(18)20)6-7-23-17/h2-9H,1H3,(H2,18,20)(H,19,21). The molecule has 0 atom stereocenters. The largest absolute Gasteiger partial charge is 0.496 e. The molecule has 0 aliphatic carbocycles. The van der Waals surface area contributed by atoms with E-state index in [1.807, 2.05) is 30.3 Å². The number of benzene rings is 2. The summed E-state index contributed by atoms with van der Waals surface area (Å²) in [4.78, 5) is 23.9. The molecule has 0 aliphatic heterocycles. The molecule has 1 heterocycles. The number of primary amides is 1. The van der Waals surface area contributed by atoms with Crippen LogP contribution in [0.1, 0.15) is 20.7 Å². The number of fused-ring (bicyclic) bond motifs is 1. The molecule has 0 radical (unpaired) electrons. The van der Waals surface area contributed by atoms with E-state index in [2.05, 4.69) is 5.32 Å². The molecule has 0 fully saturated rings. The first-order valence-electron chi connectivity index (χ1n) is 6.85. The lowest BCUT2D eigenvalue weighted by Gasteiger charge is -2.11. The van der Waals surface area contributed by atoms with Crippen LogP contribution in [0.3, 0.4) is 0 Å². The quantitative estimate of drug-likeness (QED) is 0.772. The van der Waals surface area contributed by atoms with Crippen molar-refractivity contribution in [1.82, 2.24) is 0 Å². The van der Waals surface area contributed by atoms with Gasteiger partial charge in [0, 0.05) is 0 Å². The molecule has 0 unspecified atom stereocenters. The lowest BCUT2D eigenvalue weighted by atomic mass is 10.1. The van der Waals surface area contributed by atoms with Gasteiger partial charge in [0.1, 0.15) is 10.8 Å². The van der Waals surface area contributed by atoms with Gasteiger partial charge < -0.3 is 15.8 Å². The molecule has 5 nitrogen and oxygen atoms in total. The summed E-state index contributed by atoms with van der Waals surface area (Å²) in [6.07, 6.45) is 0. The van der Waals surface area contributed by atoms with E-state index < -0.39 is 5.91 Å². The van der Waals surface area contributed by atoms with E-state index in [4.69, 9.17) is 10.5 Å². The fraction of sp³-hybridized carbons (Fsp3) is 0.0588. The van der Waals surface area contributed by atoms with E-state index in [-0.39, 0.29) is 5.91 Å². The Bertz CT molecular complexity index is 902. The van der Waals surface area contributed by atoms with Crippen molar-refractivity contribution in [2.75, 3.05) is 12.4 Å². The average Bonchev–Trinajstić information content (AvgIpc) is 3.01. The lowest BCUT2D eigenvalue weighted by Crippen LogP contribution is -2.17. The number of ether oxygens (including phenoxy) is 1. The fourth-order valence-electron chi connectivity index (χ4n) is 2.34. The Balaban J connectivity index is 2.00. The Kier molecular flexibility index (Phi) is 3.99. The second-order valence-electron chi connectivity index (χ2n) is 4.88. The molecule has 3 rings (SSSR count). The van der Waals surface area contributed by atoms with Gasteiger partial charge in [0.2, 0.25) is 0 Å². The number of carbonyl (C=O) groups is 2. The number of thiophene rings is 1. The van der Waals surface area contributed by atoms with Gasteiger partial charge in [-0.1, -0.05) is 24.3 Å². The number of carbonyl (C=O) groups excluding carboxylic acids is 2. The maximum atomic E-state index is 12.6. The van der Waals surface area contributed by atoms with Crippen molar-refractivity contribution in [3.05, 3.63) is 59.0 Å². The van der Waals surface area contributed by atoms with E-state index in [0.717, 1.165) is 10.8 Å². The number of methoxy groups -OCH3 is 1. The van der Waals surface area contributed by atoms with Crippen LogP contribution in [0.15, 0.2) is 47.8 Å². The van der Waals surface area contributed by atoms with E-state index in [1.165, 1.54) is 18.4 Å². The van der Waals surface area contributed by atoms with Gasteiger partial charge in [-0.3, -0.25) is 9.59 Å². The molecule has 0 aliphatic rings. The molecular weight excluding hydrogens is 312 g/mol. The maximum Gasteiger partial charge on any atom is 0.260 e. The third-order valence-corrected chi connectivity index (χ3v) is 4.30. The topological polar surface area (TPSA) is 81.4 Å². The third-order valence-electron chi connectivity index (χ3n) is 3.47. The zero-order chi connectivity index (χ0) is 16.4.